The van der Waals surface area contributed by atoms with Crippen molar-refractivity contribution in [2.45, 2.75) is 26.4 Å². The molecule has 3 nitrogen and oxygen atoms in total. The summed E-state index contributed by atoms with van der Waals surface area (Å²) in [6, 6.07) is 3.63. The maximum absolute atomic E-state index is 11.1. The lowest BCUT2D eigenvalue weighted by atomic mass is 10.3. The van der Waals surface area contributed by atoms with Crippen molar-refractivity contribution in [2.24, 2.45) is 5.73 Å². The van der Waals surface area contributed by atoms with Crippen LogP contribution in [0.15, 0.2) is 12.1 Å². The molecule has 13 heavy (non-hydrogen) atoms. The molecule has 0 aliphatic carbocycles. The molecule has 0 radical (unpaired) electrons. The van der Waals surface area contributed by atoms with Gasteiger partial charge in [0, 0.05) is 9.75 Å². The molecule has 0 fully saturated rings. The van der Waals surface area contributed by atoms with Crippen molar-refractivity contribution in [1.82, 2.24) is 5.32 Å². The van der Waals surface area contributed by atoms with Crippen molar-refractivity contribution in [3.8, 4) is 0 Å². The van der Waals surface area contributed by atoms with Gasteiger partial charge in [-0.3, -0.25) is 4.79 Å². The SMILES string of the molecule is Cc1ccc(CNC(=O)[C@@H](C)N)s1. The Bertz CT molecular complexity index is 294. The molecule has 1 rings (SSSR count). The number of rotatable bonds is 3. The smallest absolute Gasteiger partial charge is 0.236 e. The Balaban J connectivity index is 2.39. The van der Waals surface area contributed by atoms with Crippen LogP contribution in [0.1, 0.15) is 16.7 Å². The van der Waals surface area contributed by atoms with E-state index < -0.39 is 6.04 Å². The average molecular weight is 198 g/mol. The number of amides is 1. The first kappa shape index (κ1) is 10.2. The number of hydrogen-bond donors (Lipinski definition) is 2. The van der Waals surface area contributed by atoms with Crippen LogP contribution in [0.2, 0.25) is 0 Å². The molecule has 0 aliphatic heterocycles. The summed E-state index contributed by atoms with van der Waals surface area (Å²) in [6.07, 6.45) is 0. The Morgan fingerprint density at radius 3 is 2.85 bits per heavy atom. The number of thiophene rings is 1. The highest BCUT2D eigenvalue weighted by molar-refractivity contribution is 7.11. The second kappa shape index (κ2) is 4.39. The minimum Gasteiger partial charge on any atom is -0.350 e. The minimum absolute atomic E-state index is 0.106. The first-order chi connectivity index (χ1) is 6.09. The van der Waals surface area contributed by atoms with E-state index in [-0.39, 0.29) is 5.91 Å². The highest BCUT2D eigenvalue weighted by Crippen LogP contribution is 2.14. The summed E-state index contributed by atoms with van der Waals surface area (Å²) < 4.78 is 0. The molecule has 0 aliphatic rings. The van der Waals surface area contributed by atoms with E-state index in [0.717, 1.165) is 4.88 Å². The number of carbonyl (C=O) groups excluding carboxylic acids is 1. The van der Waals surface area contributed by atoms with Gasteiger partial charge in [0.1, 0.15) is 0 Å². The molecule has 1 aromatic heterocycles. The normalized spacial score (nSPS) is 12.5. The first-order valence-electron chi connectivity index (χ1n) is 4.18. The summed E-state index contributed by atoms with van der Waals surface area (Å²) in [4.78, 5) is 13.5. The van der Waals surface area contributed by atoms with Crippen molar-refractivity contribution in [3.05, 3.63) is 21.9 Å². The third kappa shape index (κ3) is 3.16. The minimum atomic E-state index is -0.430. The molecule has 1 amide bonds. The molecule has 0 aromatic carbocycles. The number of aryl methyl sites for hydroxylation is 1. The van der Waals surface area contributed by atoms with Crippen LogP contribution in [0, 0.1) is 6.92 Å². The summed E-state index contributed by atoms with van der Waals surface area (Å²) in [7, 11) is 0. The van der Waals surface area contributed by atoms with Crippen LogP contribution in [0.4, 0.5) is 0 Å². The van der Waals surface area contributed by atoms with Crippen LogP contribution in [-0.4, -0.2) is 11.9 Å². The van der Waals surface area contributed by atoms with Gasteiger partial charge in [0.25, 0.3) is 0 Å². The Labute approximate surface area is 81.9 Å². The highest BCUT2D eigenvalue weighted by atomic mass is 32.1. The molecule has 72 valence electrons. The number of hydrogen-bond acceptors (Lipinski definition) is 3. The molecule has 1 atom stereocenters. The molecule has 0 unspecified atom stereocenters. The van der Waals surface area contributed by atoms with Crippen molar-refractivity contribution in [2.75, 3.05) is 0 Å². The van der Waals surface area contributed by atoms with Crippen LogP contribution >= 0.6 is 11.3 Å². The predicted octanol–water partition coefficient (Wildman–Crippen LogP) is 1.02. The lowest BCUT2D eigenvalue weighted by Crippen LogP contribution is -2.37. The van der Waals surface area contributed by atoms with E-state index in [4.69, 9.17) is 5.73 Å². The molecule has 1 heterocycles. The molecule has 4 heteroatoms. The van der Waals surface area contributed by atoms with Gasteiger partial charge in [0.05, 0.1) is 12.6 Å². The van der Waals surface area contributed by atoms with Gasteiger partial charge in [0.2, 0.25) is 5.91 Å². The monoisotopic (exact) mass is 198 g/mol. The third-order valence-corrected chi connectivity index (χ3v) is 2.65. The van der Waals surface area contributed by atoms with E-state index in [1.54, 1.807) is 18.3 Å². The van der Waals surface area contributed by atoms with Crippen LogP contribution in [0.25, 0.3) is 0 Å². The maximum atomic E-state index is 11.1. The fraction of sp³-hybridized carbons (Fsp3) is 0.444. The van der Waals surface area contributed by atoms with Gasteiger partial charge < -0.3 is 11.1 Å². The molecule has 0 saturated heterocycles. The topological polar surface area (TPSA) is 55.1 Å². The Morgan fingerprint density at radius 1 is 1.69 bits per heavy atom. The highest BCUT2D eigenvalue weighted by Gasteiger charge is 2.06. The summed E-state index contributed by atoms with van der Waals surface area (Å²) in [5, 5.41) is 2.76. The second-order valence-electron chi connectivity index (χ2n) is 3.02. The summed E-state index contributed by atoms with van der Waals surface area (Å²) in [5.74, 6) is -0.106. The van der Waals surface area contributed by atoms with Crippen LogP contribution in [-0.2, 0) is 11.3 Å². The quantitative estimate of drug-likeness (QED) is 0.762. The summed E-state index contributed by atoms with van der Waals surface area (Å²) >= 11 is 1.69. The zero-order valence-electron chi connectivity index (χ0n) is 7.83. The zero-order valence-corrected chi connectivity index (χ0v) is 8.65. The van der Waals surface area contributed by atoms with Gasteiger partial charge >= 0.3 is 0 Å². The lowest BCUT2D eigenvalue weighted by molar-refractivity contribution is -0.122. The average Bonchev–Trinajstić information content (AvgIpc) is 2.47. The van der Waals surface area contributed by atoms with E-state index in [2.05, 4.69) is 5.32 Å². The van der Waals surface area contributed by atoms with E-state index in [0.29, 0.717) is 6.54 Å². The fourth-order valence-electron chi connectivity index (χ4n) is 0.915. The van der Waals surface area contributed by atoms with Gasteiger partial charge in [-0.25, -0.2) is 0 Å². The predicted molar refractivity (Wildman–Crippen MR) is 54.6 cm³/mol. The van der Waals surface area contributed by atoms with Gasteiger partial charge in [-0.1, -0.05) is 0 Å². The van der Waals surface area contributed by atoms with E-state index in [9.17, 15) is 4.79 Å². The van der Waals surface area contributed by atoms with Gasteiger partial charge in [0.15, 0.2) is 0 Å². The van der Waals surface area contributed by atoms with Crippen LogP contribution in [0.3, 0.4) is 0 Å². The largest absolute Gasteiger partial charge is 0.350 e. The Hall–Kier alpha value is -0.870. The maximum Gasteiger partial charge on any atom is 0.236 e. The number of nitrogens with two attached hydrogens (primary N) is 1. The molecule has 0 spiro atoms. The Morgan fingerprint density at radius 2 is 2.38 bits per heavy atom. The van der Waals surface area contributed by atoms with Gasteiger partial charge in [-0.15, -0.1) is 11.3 Å². The van der Waals surface area contributed by atoms with Crippen molar-refractivity contribution in [1.29, 1.82) is 0 Å². The summed E-state index contributed by atoms with van der Waals surface area (Å²) in [6.45, 7) is 4.30. The zero-order chi connectivity index (χ0) is 9.84. The number of nitrogens with one attached hydrogen (secondary N) is 1. The molecule has 0 saturated carbocycles. The second-order valence-corrected chi connectivity index (χ2v) is 4.39. The van der Waals surface area contributed by atoms with E-state index in [1.807, 2.05) is 19.1 Å². The molecule has 0 bridgehead atoms. The number of carbonyl (C=O) groups is 1. The fourth-order valence-corrected chi connectivity index (χ4v) is 1.75. The van der Waals surface area contributed by atoms with Gasteiger partial charge in [-0.2, -0.15) is 0 Å². The Kier molecular flexibility index (Phi) is 3.45. The van der Waals surface area contributed by atoms with Crippen molar-refractivity contribution >= 4 is 17.2 Å². The standard InChI is InChI=1S/C9H14N2OS/c1-6-3-4-8(13-6)5-11-9(12)7(2)10/h3-4,7H,5,10H2,1-2H3,(H,11,12)/t7-/m1/s1. The van der Waals surface area contributed by atoms with E-state index >= 15 is 0 Å². The molecule has 3 N–H and O–H groups in total. The van der Waals surface area contributed by atoms with E-state index in [1.165, 1.54) is 4.88 Å². The molecule has 1 aromatic rings. The van der Waals surface area contributed by atoms with Crippen molar-refractivity contribution < 1.29 is 4.79 Å². The first-order valence-corrected chi connectivity index (χ1v) is 5.00. The van der Waals surface area contributed by atoms with Crippen molar-refractivity contribution in [3.63, 3.8) is 0 Å². The third-order valence-electron chi connectivity index (χ3n) is 1.65. The van der Waals surface area contributed by atoms with Crippen LogP contribution < -0.4 is 11.1 Å². The lowest BCUT2D eigenvalue weighted by Gasteiger charge is -2.05. The molecular weight excluding hydrogens is 184 g/mol. The molecular formula is C9H14N2OS. The van der Waals surface area contributed by atoms with Gasteiger partial charge in [-0.05, 0) is 26.0 Å². The summed E-state index contributed by atoms with van der Waals surface area (Å²) in [5.41, 5.74) is 5.40. The van der Waals surface area contributed by atoms with Crippen LogP contribution in [0.5, 0.6) is 0 Å².